The average molecular weight is 362 g/mol. The second-order valence-corrected chi connectivity index (χ2v) is 8.52. The summed E-state index contributed by atoms with van der Waals surface area (Å²) in [5.74, 6) is 0. The molecule has 1 fully saturated rings. The quantitative estimate of drug-likeness (QED) is 0.441. The third kappa shape index (κ3) is 2.69. The summed E-state index contributed by atoms with van der Waals surface area (Å²) in [6, 6.07) is 0. The number of hydrogen-bond donors (Lipinski definition) is 1. The number of nitrogens with one attached hydrogen (secondary N) is 1. The number of hydrogen-bond acceptors (Lipinski definition) is 2. The van der Waals surface area contributed by atoms with Crippen LogP contribution < -0.4 is 43.7 Å². The highest BCUT2D eigenvalue weighted by Gasteiger charge is 2.52. The lowest BCUT2D eigenvalue weighted by Crippen LogP contribution is -2.57. The van der Waals surface area contributed by atoms with Gasteiger partial charge in [0.1, 0.15) is 54.9 Å². The molecule has 3 aromatic rings. The fourth-order valence-corrected chi connectivity index (χ4v) is 3.78. The molecule has 3 nitrogen and oxygen atoms in total. The Balaban J connectivity index is 2.11. The normalized spacial score (nSPS) is 18.1. The van der Waals surface area contributed by atoms with Gasteiger partial charge >= 0.3 is 7.12 Å². The van der Waals surface area contributed by atoms with Crippen molar-refractivity contribution in [2.24, 2.45) is 0 Å². The minimum absolute atomic E-state index is 0.183. The van der Waals surface area contributed by atoms with Crippen LogP contribution in [0.3, 0.4) is 0 Å². The molecule has 2 heterocycles. The zero-order valence-corrected chi connectivity index (χ0v) is 16.9. The number of rotatable bonds is 1. The number of H-pyrrole nitrogens is 1. The van der Waals surface area contributed by atoms with Crippen LogP contribution in [0, 0.1) is 0 Å². The maximum atomic E-state index is 6.58. The van der Waals surface area contributed by atoms with Gasteiger partial charge in [-0.05, 0) is 43.9 Å². The topological polar surface area (TPSA) is 34.2 Å². The first-order valence-electron chi connectivity index (χ1n) is 9.19. The van der Waals surface area contributed by atoms with E-state index in [1.807, 2.05) is 27.7 Å². The predicted molar refractivity (Wildman–Crippen MR) is 129 cm³/mol. The van der Waals surface area contributed by atoms with Crippen LogP contribution in [-0.4, -0.2) is 78.2 Å². The Bertz CT molecular complexity index is 1180. The summed E-state index contributed by atoms with van der Waals surface area (Å²) >= 11 is 0. The second kappa shape index (κ2) is 6.34. The maximum absolute atomic E-state index is 6.58. The summed E-state index contributed by atoms with van der Waals surface area (Å²) in [6.45, 7) is 7.76. The molecule has 0 amide bonds. The molecule has 126 valence electrons. The van der Waals surface area contributed by atoms with Gasteiger partial charge in [-0.2, -0.15) is 0 Å². The lowest BCUT2D eigenvalue weighted by molar-refractivity contribution is 0.00578. The molecule has 0 atom stereocenters. The third-order valence-electron chi connectivity index (χ3n) is 6.31. The predicted octanol–water partition coefficient (Wildman–Crippen LogP) is -4.82. The molecule has 0 spiro atoms. The van der Waals surface area contributed by atoms with Crippen LogP contribution in [0.25, 0.3) is 21.8 Å². The van der Waals surface area contributed by atoms with E-state index in [0.717, 1.165) is 0 Å². The Hall–Kier alpha value is -1.32. The molecule has 4 rings (SSSR count). The van der Waals surface area contributed by atoms with Crippen LogP contribution in [0.15, 0.2) is 0 Å². The van der Waals surface area contributed by atoms with E-state index < -0.39 is 18.3 Å². The van der Waals surface area contributed by atoms with E-state index in [2.05, 4.69) is 4.98 Å². The zero-order valence-electron chi connectivity index (χ0n) is 16.9. The molecule has 29 heavy (non-hydrogen) atoms. The molecule has 0 unspecified atom stereocenters. The van der Waals surface area contributed by atoms with Gasteiger partial charge in [0, 0.05) is 11.0 Å². The van der Waals surface area contributed by atoms with Crippen molar-refractivity contribution in [3.8, 4) is 0 Å². The molecule has 1 N–H and O–H groups in total. The first-order valence-corrected chi connectivity index (χ1v) is 9.19. The average Bonchev–Trinajstić information content (AvgIpc) is 3.12. The maximum Gasteiger partial charge on any atom is 0.493 e. The molecule has 2 aromatic carbocycles. The molecule has 0 aliphatic carbocycles. The number of fused-ring (bicyclic) bond motifs is 3. The SMILES string of the molecule is [B]c1c([B])c([B])c2c([nH]c3c([B])c([B])c(B4OC(C)(C)C(C)(C)O4)c([B])c32)c1[B]. The van der Waals surface area contributed by atoms with E-state index in [9.17, 15) is 0 Å². The Labute approximate surface area is 180 Å². The van der Waals surface area contributed by atoms with Crippen molar-refractivity contribution < 1.29 is 9.31 Å². The largest absolute Gasteiger partial charge is 0.493 e. The van der Waals surface area contributed by atoms with Crippen LogP contribution in [0.1, 0.15) is 27.7 Å². The Morgan fingerprint density at radius 2 is 1.00 bits per heavy atom. The van der Waals surface area contributed by atoms with E-state index in [0.29, 0.717) is 32.7 Å². The minimum atomic E-state index is -0.804. The zero-order chi connectivity index (χ0) is 21.6. The van der Waals surface area contributed by atoms with Crippen molar-refractivity contribution in [1.29, 1.82) is 0 Å². The van der Waals surface area contributed by atoms with Gasteiger partial charge in [-0.25, -0.2) is 0 Å². The van der Waals surface area contributed by atoms with Gasteiger partial charge in [0.25, 0.3) is 0 Å². The van der Waals surface area contributed by atoms with Gasteiger partial charge in [-0.3, -0.25) is 0 Å². The first-order chi connectivity index (χ1) is 13.3. The molecular formula is C18H13B8NO2. The van der Waals surface area contributed by atoms with Crippen molar-refractivity contribution in [2.45, 2.75) is 38.9 Å². The summed E-state index contributed by atoms with van der Waals surface area (Å²) in [5.41, 5.74) is 2.04. The minimum Gasteiger partial charge on any atom is -0.399 e. The molecular weight excluding hydrogens is 349 g/mol. The summed E-state index contributed by atoms with van der Waals surface area (Å²) in [7, 11) is 43.0. The van der Waals surface area contributed by atoms with E-state index in [-0.39, 0.29) is 32.8 Å². The summed E-state index contributed by atoms with van der Waals surface area (Å²) in [5, 5.41) is 1.08. The monoisotopic (exact) mass is 363 g/mol. The lowest BCUT2D eigenvalue weighted by Gasteiger charge is -2.32. The summed E-state index contributed by atoms with van der Waals surface area (Å²) in [6.07, 6.45) is 0. The molecule has 14 radical (unpaired) electrons. The number of aromatic amines is 1. The van der Waals surface area contributed by atoms with Crippen LogP contribution in [0.2, 0.25) is 0 Å². The van der Waals surface area contributed by atoms with Crippen molar-refractivity contribution in [3.05, 3.63) is 0 Å². The molecule has 1 saturated heterocycles. The molecule has 0 saturated carbocycles. The fraction of sp³-hybridized carbons (Fsp3) is 0.333. The second-order valence-electron chi connectivity index (χ2n) is 8.52. The van der Waals surface area contributed by atoms with Crippen molar-refractivity contribution in [2.75, 3.05) is 0 Å². The van der Waals surface area contributed by atoms with E-state index in [1.54, 1.807) is 0 Å². The highest BCUT2D eigenvalue weighted by atomic mass is 16.7. The molecule has 0 bridgehead atoms. The standard InChI is InChI=1S/C18H13B8NO2/c1-17(2)18(3,4)29-26(28-17)14-8(20)6-5-7(19)9(21)10(22)12(24)15(5)27-16(6)13(25)11(14)23/h27H,1-4H3. The Kier molecular flexibility index (Phi) is 4.58. The number of benzene rings is 2. The van der Waals surface area contributed by atoms with Gasteiger partial charge in [0.15, 0.2) is 0 Å². The Morgan fingerprint density at radius 1 is 0.586 bits per heavy atom. The molecule has 1 aliphatic heterocycles. The number of aromatic nitrogens is 1. The van der Waals surface area contributed by atoms with Crippen LogP contribution in [-0.2, 0) is 9.31 Å². The van der Waals surface area contributed by atoms with Gasteiger partial charge in [0.2, 0.25) is 0 Å². The van der Waals surface area contributed by atoms with E-state index in [4.69, 9.17) is 64.2 Å². The van der Waals surface area contributed by atoms with E-state index in [1.165, 1.54) is 0 Å². The van der Waals surface area contributed by atoms with Crippen LogP contribution in [0.5, 0.6) is 0 Å². The summed E-state index contributed by atoms with van der Waals surface area (Å²) in [4.78, 5) is 3.15. The Morgan fingerprint density at radius 3 is 1.52 bits per heavy atom. The van der Waals surface area contributed by atoms with Gasteiger partial charge < -0.3 is 14.3 Å². The lowest BCUT2D eigenvalue weighted by atomic mass is 9.59. The highest BCUT2D eigenvalue weighted by molar-refractivity contribution is 6.78. The van der Waals surface area contributed by atoms with Gasteiger partial charge in [0.05, 0.1) is 11.2 Å². The third-order valence-corrected chi connectivity index (χ3v) is 6.31. The van der Waals surface area contributed by atoms with Crippen molar-refractivity contribution >= 4 is 128 Å². The van der Waals surface area contributed by atoms with E-state index >= 15 is 0 Å². The van der Waals surface area contributed by atoms with Crippen LogP contribution in [0.4, 0.5) is 0 Å². The highest BCUT2D eigenvalue weighted by Crippen LogP contribution is 2.36. The smallest absolute Gasteiger partial charge is 0.399 e. The van der Waals surface area contributed by atoms with Crippen molar-refractivity contribution in [3.63, 3.8) is 0 Å². The van der Waals surface area contributed by atoms with Gasteiger partial charge in [-0.15, -0.1) is 16.4 Å². The van der Waals surface area contributed by atoms with Crippen molar-refractivity contribution in [1.82, 2.24) is 4.98 Å². The molecule has 11 heteroatoms. The molecule has 1 aromatic heterocycles. The summed E-state index contributed by atoms with van der Waals surface area (Å²) < 4.78 is 12.3. The molecule has 1 aliphatic rings. The first kappa shape index (κ1) is 20.9. The fourth-order valence-electron chi connectivity index (χ4n) is 3.78. The van der Waals surface area contributed by atoms with Crippen LogP contribution >= 0.6 is 0 Å². The van der Waals surface area contributed by atoms with Gasteiger partial charge in [-0.1, -0.05) is 21.9 Å².